The minimum Gasteiger partial charge on any atom is -0.465 e. The molecule has 0 spiro atoms. The fourth-order valence-electron chi connectivity index (χ4n) is 3.15. The van der Waals surface area contributed by atoms with Gasteiger partial charge in [-0.1, -0.05) is 25.9 Å². The van der Waals surface area contributed by atoms with Gasteiger partial charge in [0.1, 0.15) is 10.5 Å². The van der Waals surface area contributed by atoms with E-state index >= 15 is 0 Å². The number of amides is 1. The molecule has 0 radical (unpaired) electrons. The predicted molar refractivity (Wildman–Crippen MR) is 81.2 cm³/mol. The zero-order valence-corrected chi connectivity index (χ0v) is 13.4. The van der Waals surface area contributed by atoms with Crippen LogP contribution in [-0.2, 0) is 5.54 Å². The molecule has 1 saturated heterocycles. The molecule has 0 aromatic carbocycles. The van der Waals surface area contributed by atoms with Crippen molar-refractivity contribution >= 4 is 23.6 Å². The van der Waals surface area contributed by atoms with E-state index in [0.29, 0.717) is 12.2 Å². The van der Waals surface area contributed by atoms with E-state index in [-0.39, 0.29) is 5.41 Å². The summed E-state index contributed by atoms with van der Waals surface area (Å²) in [6.45, 7) is 6.68. The first-order valence-corrected chi connectivity index (χ1v) is 7.85. The van der Waals surface area contributed by atoms with Gasteiger partial charge in [0.05, 0.1) is 11.9 Å². The molecule has 1 aromatic heterocycles. The molecule has 6 nitrogen and oxygen atoms in total. The molecule has 1 aromatic rings. The molecule has 1 aliphatic rings. The summed E-state index contributed by atoms with van der Waals surface area (Å²) in [5, 5.41) is 23.8. The van der Waals surface area contributed by atoms with Gasteiger partial charge in [-0.2, -0.15) is 0 Å². The third-order valence-corrected chi connectivity index (χ3v) is 5.18. The van der Waals surface area contributed by atoms with Crippen molar-refractivity contribution in [2.24, 2.45) is 10.6 Å². The van der Waals surface area contributed by atoms with E-state index in [2.05, 4.69) is 30.9 Å². The largest absolute Gasteiger partial charge is 0.465 e. The van der Waals surface area contributed by atoms with Crippen molar-refractivity contribution in [2.75, 3.05) is 6.54 Å². The van der Waals surface area contributed by atoms with E-state index in [0.717, 1.165) is 24.3 Å². The second kappa shape index (κ2) is 5.63. The molecule has 7 heteroatoms. The lowest BCUT2D eigenvalue weighted by atomic mass is 9.68. The van der Waals surface area contributed by atoms with Crippen LogP contribution in [0, 0.1) is 5.41 Å². The van der Waals surface area contributed by atoms with Crippen molar-refractivity contribution in [1.29, 1.82) is 0 Å². The molecule has 21 heavy (non-hydrogen) atoms. The number of hydrogen-bond acceptors (Lipinski definition) is 5. The number of carbonyl (C=O) groups is 1. The van der Waals surface area contributed by atoms with Crippen LogP contribution in [-0.4, -0.2) is 39.1 Å². The monoisotopic (exact) mass is 311 g/mol. The lowest BCUT2D eigenvalue weighted by molar-refractivity contribution is -0.0294. The molecule has 0 aliphatic carbocycles. The molecule has 1 amide bonds. The highest BCUT2D eigenvalue weighted by Crippen LogP contribution is 2.50. The summed E-state index contributed by atoms with van der Waals surface area (Å²) in [5.74, 6) is 0. The molecular formula is C14H21N3O3S. The van der Waals surface area contributed by atoms with Crippen LogP contribution >= 0.6 is 11.3 Å². The first kappa shape index (κ1) is 15.8. The number of nitrogens with zero attached hydrogens (tertiary/aromatic N) is 3. The summed E-state index contributed by atoms with van der Waals surface area (Å²) in [7, 11) is 0. The number of thiazole rings is 1. The maximum atomic E-state index is 11.8. The normalized spacial score (nSPS) is 23.7. The Morgan fingerprint density at radius 3 is 2.81 bits per heavy atom. The molecule has 0 saturated carbocycles. The predicted octanol–water partition coefficient (Wildman–Crippen LogP) is 3.36. The SMILES string of the molecule is CC(C)(C)C1(c2nc(/C=N\O)cs2)CCCCN1C(=O)O. The van der Waals surface area contributed by atoms with E-state index < -0.39 is 11.6 Å². The maximum Gasteiger partial charge on any atom is 0.408 e. The van der Waals surface area contributed by atoms with Crippen LogP contribution in [0.3, 0.4) is 0 Å². The third-order valence-electron chi connectivity index (χ3n) is 4.17. The van der Waals surface area contributed by atoms with Crippen LogP contribution in [0.5, 0.6) is 0 Å². The molecule has 1 fully saturated rings. The van der Waals surface area contributed by atoms with Crippen LogP contribution in [0.1, 0.15) is 50.7 Å². The van der Waals surface area contributed by atoms with Gasteiger partial charge in [0.15, 0.2) is 0 Å². The van der Waals surface area contributed by atoms with Crippen LogP contribution in [0.2, 0.25) is 0 Å². The number of rotatable bonds is 2. The first-order chi connectivity index (χ1) is 9.83. The standard InChI is InChI=1S/C14H21N3O3S/c1-13(2,3)14(6-4-5-7-17(14)12(18)19)11-16-10(8-15-20)9-21-11/h8-9,20H,4-7H2,1-3H3,(H,18,19)/b15-8-. The van der Waals surface area contributed by atoms with Crippen molar-refractivity contribution < 1.29 is 15.1 Å². The summed E-state index contributed by atoms with van der Waals surface area (Å²) in [4.78, 5) is 17.8. The van der Waals surface area contributed by atoms with Gasteiger partial charge < -0.3 is 10.3 Å². The van der Waals surface area contributed by atoms with Crippen molar-refractivity contribution in [1.82, 2.24) is 9.88 Å². The quantitative estimate of drug-likeness (QED) is 0.498. The Kier molecular flexibility index (Phi) is 4.22. The van der Waals surface area contributed by atoms with Crippen molar-refractivity contribution in [3.63, 3.8) is 0 Å². The third kappa shape index (κ3) is 2.62. The number of oxime groups is 1. The number of likely N-dealkylation sites (tertiary alicyclic amines) is 1. The van der Waals surface area contributed by atoms with Crippen molar-refractivity contribution in [3.8, 4) is 0 Å². The highest BCUT2D eigenvalue weighted by molar-refractivity contribution is 7.10. The Morgan fingerprint density at radius 1 is 1.52 bits per heavy atom. The van der Waals surface area contributed by atoms with E-state index in [1.54, 1.807) is 5.38 Å². The van der Waals surface area contributed by atoms with Gasteiger partial charge in [0, 0.05) is 11.9 Å². The van der Waals surface area contributed by atoms with E-state index in [4.69, 9.17) is 5.21 Å². The highest BCUT2D eigenvalue weighted by Gasteiger charge is 2.53. The van der Waals surface area contributed by atoms with Gasteiger partial charge in [-0.25, -0.2) is 9.78 Å². The number of hydrogen-bond donors (Lipinski definition) is 2. The summed E-state index contributed by atoms with van der Waals surface area (Å²) >= 11 is 1.42. The Morgan fingerprint density at radius 2 is 2.24 bits per heavy atom. The maximum absolute atomic E-state index is 11.8. The first-order valence-electron chi connectivity index (χ1n) is 6.97. The average Bonchev–Trinajstić information content (AvgIpc) is 2.86. The minimum absolute atomic E-state index is 0.280. The molecule has 116 valence electrons. The lowest BCUT2D eigenvalue weighted by Crippen LogP contribution is -2.58. The smallest absolute Gasteiger partial charge is 0.408 e. The van der Waals surface area contributed by atoms with Crippen LogP contribution < -0.4 is 0 Å². The zero-order chi connectivity index (χ0) is 15.7. The van der Waals surface area contributed by atoms with E-state index in [1.807, 2.05) is 0 Å². The minimum atomic E-state index is -0.905. The molecule has 2 N–H and O–H groups in total. The Hall–Kier alpha value is -1.63. The fraction of sp³-hybridized carbons (Fsp3) is 0.643. The molecular weight excluding hydrogens is 290 g/mol. The number of aromatic nitrogens is 1. The zero-order valence-electron chi connectivity index (χ0n) is 12.5. The van der Waals surface area contributed by atoms with Gasteiger partial charge >= 0.3 is 6.09 Å². The van der Waals surface area contributed by atoms with Crippen LogP contribution in [0.15, 0.2) is 10.5 Å². The Balaban J connectivity index is 2.57. The Labute approximate surface area is 128 Å². The van der Waals surface area contributed by atoms with Crippen molar-refractivity contribution in [2.45, 2.75) is 45.6 Å². The van der Waals surface area contributed by atoms with Gasteiger partial charge in [-0.15, -0.1) is 11.3 Å². The topological polar surface area (TPSA) is 86.0 Å². The summed E-state index contributed by atoms with van der Waals surface area (Å²) < 4.78 is 0. The van der Waals surface area contributed by atoms with E-state index in [9.17, 15) is 9.90 Å². The fourth-order valence-corrected chi connectivity index (χ4v) is 4.37. The molecule has 1 atom stereocenters. The Bertz CT molecular complexity index is 550. The van der Waals surface area contributed by atoms with Crippen LogP contribution in [0.25, 0.3) is 0 Å². The van der Waals surface area contributed by atoms with Crippen molar-refractivity contribution in [3.05, 3.63) is 16.1 Å². The second-order valence-electron chi connectivity index (χ2n) is 6.32. The average molecular weight is 311 g/mol. The summed E-state index contributed by atoms with van der Waals surface area (Å²) in [5.41, 5.74) is -0.363. The van der Waals surface area contributed by atoms with Gasteiger partial charge in [-0.3, -0.25) is 4.90 Å². The molecule has 1 aliphatic heterocycles. The summed E-state index contributed by atoms with van der Waals surface area (Å²) in [6, 6.07) is 0. The molecule has 1 unspecified atom stereocenters. The summed E-state index contributed by atoms with van der Waals surface area (Å²) in [6.07, 6.45) is 2.97. The van der Waals surface area contributed by atoms with Gasteiger partial charge in [0.2, 0.25) is 0 Å². The van der Waals surface area contributed by atoms with E-state index in [1.165, 1.54) is 22.5 Å². The number of piperidine rings is 1. The molecule has 0 bridgehead atoms. The lowest BCUT2D eigenvalue weighted by Gasteiger charge is -2.52. The molecule has 2 rings (SSSR count). The van der Waals surface area contributed by atoms with Crippen LogP contribution in [0.4, 0.5) is 4.79 Å². The highest BCUT2D eigenvalue weighted by atomic mass is 32.1. The van der Waals surface area contributed by atoms with Gasteiger partial charge in [-0.05, 0) is 24.7 Å². The molecule has 2 heterocycles. The second-order valence-corrected chi connectivity index (χ2v) is 7.18. The number of carboxylic acid groups (broad SMARTS) is 1. The van der Waals surface area contributed by atoms with Gasteiger partial charge in [0.25, 0.3) is 0 Å².